The zero-order chi connectivity index (χ0) is 14.2. The van der Waals surface area contributed by atoms with E-state index >= 15 is 0 Å². The minimum atomic E-state index is -0.397. The molecule has 0 spiro atoms. The number of allylic oxidation sites excluding steroid dienone is 1. The highest BCUT2D eigenvalue weighted by Crippen LogP contribution is 2.14. The van der Waals surface area contributed by atoms with Crippen molar-refractivity contribution in [2.45, 2.75) is 32.8 Å². The summed E-state index contributed by atoms with van der Waals surface area (Å²) in [5.74, 6) is 0.229. The van der Waals surface area contributed by atoms with Gasteiger partial charge in [-0.3, -0.25) is 0 Å². The van der Waals surface area contributed by atoms with Crippen molar-refractivity contribution in [3.8, 4) is 0 Å². The van der Waals surface area contributed by atoms with Gasteiger partial charge in [0.2, 0.25) is 0 Å². The van der Waals surface area contributed by atoms with Crippen LogP contribution in [0.5, 0.6) is 0 Å². The summed E-state index contributed by atoms with van der Waals surface area (Å²) < 4.78 is 10.7. The summed E-state index contributed by atoms with van der Waals surface area (Å²) in [6.45, 7) is 2.93. The third kappa shape index (κ3) is 4.23. The summed E-state index contributed by atoms with van der Waals surface area (Å²) in [7, 11) is 0. The van der Waals surface area contributed by atoms with Gasteiger partial charge in [0.25, 0.3) is 0 Å². The van der Waals surface area contributed by atoms with Crippen LogP contribution in [0.1, 0.15) is 31.7 Å². The number of carbonyl (C=O) groups excluding carboxylic acids is 1. The first-order chi connectivity index (χ1) is 9.79. The molecule has 20 heavy (non-hydrogen) atoms. The Balaban J connectivity index is 1.89. The molecule has 0 atom stereocenters. The quantitative estimate of drug-likeness (QED) is 0.774. The summed E-state index contributed by atoms with van der Waals surface area (Å²) in [5.41, 5.74) is 1.31. The molecule has 0 unspecified atom stereocenters. The number of rotatable bonds is 5. The Kier molecular flexibility index (Phi) is 5.35. The van der Waals surface area contributed by atoms with Gasteiger partial charge in [-0.25, -0.2) is 9.79 Å². The predicted octanol–water partition coefficient (Wildman–Crippen LogP) is 3.23. The van der Waals surface area contributed by atoms with Crippen LogP contribution in [0.15, 0.2) is 47.1 Å². The fourth-order valence-electron chi connectivity index (χ4n) is 1.82. The standard InChI is InChI=1S/C16H19NO3/c1-2-11-19-15-10-6-9-14(17-15)16(18)20-12-13-7-4-3-5-8-13/h3-5,7-9H,2,6,10-12H2,1H3. The van der Waals surface area contributed by atoms with E-state index in [4.69, 9.17) is 9.47 Å². The molecule has 1 aromatic rings. The van der Waals surface area contributed by atoms with E-state index in [1.165, 1.54) is 0 Å². The Hall–Kier alpha value is -2.10. The second-order valence-electron chi connectivity index (χ2n) is 4.54. The average molecular weight is 273 g/mol. The van der Waals surface area contributed by atoms with Gasteiger partial charge in [-0.2, -0.15) is 0 Å². The van der Waals surface area contributed by atoms with E-state index in [0.29, 0.717) is 18.2 Å². The van der Waals surface area contributed by atoms with E-state index in [1.807, 2.05) is 37.3 Å². The number of aliphatic imine (C=N–C) groups is 1. The van der Waals surface area contributed by atoms with Crippen molar-refractivity contribution in [3.63, 3.8) is 0 Å². The van der Waals surface area contributed by atoms with E-state index in [1.54, 1.807) is 6.08 Å². The number of hydrogen-bond donors (Lipinski definition) is 0. The van der Waals surface area contributed by atoms with Crippen LogP contribution in [0, 0.1) is 0 Å². The monoisotopic (exact) mass is 273 g/mol. The SMILES string of the molecule is CCCOC1=NC(C(=O)OCc2ccccc2)=CCC1. The fourth-order valence-corrected chi connectivity index (χ4v) is 1.82. The number of benzene rings is 1. The lowest BCUT2D eigenvalue weighted by Gasteiger charge is -2.13. The van der Waals surface area contributed by atoms with Crippen molar-refractivity contribution in [3.05, 3.63) is 47.7 Å². The predicted molar refractivity (Wildman–Crippen MR) is 77.2 cm³/mol. The molecule has 1 aliphatic rings. The van der Waals surface area contributed by atoms with Gasteiger partial charge in [0.15, 0.2) is 5.90 Å². The highest BCUT2D eigenvalue weighted by molar-refractivity contribution is 5.93. The van der Waals surface area contributed by atoms with E-state index in [2.05, 4.69) is 4.99 Å². The third-order valence-electron chi connectivity index (χ3n) is 2.84. The van der Waals surface area contributed by atoms with Gasteiger partial charge in [0, 0.05) is 6.42 Å². The molecule has 0 aromatic heterocycles. The average Bonchev–Trinajstić information content (AvgIpc) is 2.52. The van der Waals surface area contributed by atoms with Crippen molar-refractivity contribution in [1.29, 1.82) is 0 Å². The van der Waals surface area contributed by atoms with Crippen LogP contribution in [0.4, 0.5) is 0 Å². The van der Waals surface area contributed by atoms with Crippen molar-refractivity contribution < 1.29 is 14.3 Å². The maximum absolute atomic E-state index is 11.9. The van der Waals surface area contributed by atoms with Crippen molar-refractivity contribution in [2.75, 3.05) is 6.61 Å². The number of carbonyl (C=O) groups is 1. The summed E-state index contributed by atoms with van der Waals surface area (Å²) in [5, 5.41) is 0. The maximum Gasteiger partial charge on any atom is 0.357 e. The van der Waals surface area contributed by atoms with Crippen LogP contribution in [0.3, 0.4) is 0 Å². The van der Waals surface area contributed by atoms with Gasteiger partial charge >= 0.3 is 5.97 Å². The maximum atomic E-state index is 11.9. The Morgan fingerprint density at radius 2 is 2.10 bits per heavy atom. The van der Waals surface area contributed by atoms with Gasteiger partial charge < -0.3 is 9.47 Å². The Labute approximate surface area is 119 Å². The molecule has 0 bridgehead atoms. The molecule has 0 amide bonds. The largest absolute Gasteiger partial charge is 0.481 e. The van der Waals surface area contributed by atoms with E-state index < -0.39 is 5.97 Å². The first kappa shape index (κ1) is 14.3. The summed E-state index contributed by atoms with van der Waals surface area (Å²) in [4.78, 5) is 16.2. The molecule has 0 radical (unpaired) electrons. The number of ether oxygens (including phenoxy) is 2. The highest BCUT2D eigenvalue weighted by Gasteiger charge is 2.16. The molecule has 1 aliphatic heterocycles. The summed E-state index contributed by atoms with van der Waals surface area (Å²) >= 11 is 0. The Bertz CT molecular complexity index is 506. The second kappa shape index (κ2) is 7.48. The minimum absolute atomic E-state index is 0.262. The highest BCUT2D eigenvalue weighted by atomic mass is 16.5. The molecule has 0 N–H and O–H groups in total. The lowest BCUT2D eigenvalue weighted by Crippen LogP contribution is -2.14. The smallest absolute Gasteiger partial charge is 0.357 e. The van der Waals surface area contributed by atoms with Crippen LogP contribution < -0.4 is 0 Å². The fraction of sp³-hybridized carbons (Fsp3) is 0.375. The molecule has 4 heteroatoms. The number of nitrogens with zero attached hydrogens (tertiary/aromatic N) is 1. The molecule has 0 saturated heterocycles. The van der Waals surface area contributed by atoms with Crippen LogP contribution >= 0.6 is 0 Å². The number of esters is 1. The lowest BCUT2D eigenvalue weighted by atomic mass is 10.2. The molecule has 0 saturated carbocycles. The van der Waals surface area contributed by atoms with Gasteiger partial charge in [-0.15, -0.1) is 0 Å². The summed E-state index contributed by atoms with van der Waals surface area (Å²) in [6, 6.07) is 9.59. The Morgan fingerprint density at radius 1 is 1.30 bits per heavy atom. The molecule has 2 rings (SSSR count). The lowest BCUT2D eigenvalue weighted by molar-refractivity contribution is -0.140. The van der Waals surface area contributed by atoms with E-state index in [0.717, 1.165) is 24.8 Å². The van der Waals surface area contributed by atoms with Gasteiger partial charge in [0.05, 0.1) is 6.61 Å². The molecule has 1 heterocycles. The second-order valence-corrected chi connectivity index (χ2v) is 4.54. The third-order valence-corrected chi connectivity index (χ3v) is 2.84. The zero-order valence-electron chi connectivity index (χ0n) is 11.7. The van der Waals surface area contributed by atoms with Gasteiger partial charge in [-0.1, -0.05) is 43.3 Å². The van der Waals surface area contributed by atoms with Crippen LogP contribution in [0.25, 0.3) is 0 Å². The molecular weight excluding hydrogens is 254 g/mol. The van der Waals surface area contributed by atoms with E-state index in [-0.39, 0.29) is 6.61 Å². The summed E-state index contributed by atoms with van der Waals surface area (Å²) in [6.07, 6.45) is 4.23. The minimum Gasteiger partial charge on any atom is -0.481 e. The van der Waals surface area contributed by atoms with Crippen molar-refractivity contribution in [1.82, 2.24) is 0 Å². The topological polar surface area (TPSA) is 47.9 Å². The molecule has 1 aromatic carbocycles. The molecule has 0 fully saturated rings. The van der Waals surface area contributed by atoms with Gasteiger partial charge in [0.1, 0.15) is 12.3 Å². The molecule has 106 valence electrons. The van der Waals surface area contributed by atoms with Crippen LogP contribution in [-0.4, -0.2) is 18.5 Å². The first-order valence-corrected chi connectivity index (χ1v) is 6.91. The van der Waals surface area contributed by atoms with Crippen LogP contribution in [-0.2, 0) is 20.9 Å². The zero-order valence-corrected chi connectivity index (χ0v) is 11.7. The first-order valence-electron chi connectivity index (χ1n) is 6.91. The molecular formula is C16H19NO3. The molecule has 0 aliphatic carbocycles. The normalized spacial score (nSPS) is 14.2. The van der Waals surface area contributed by atoms with Gasteiger partial charge in [-0.05, 0) is 18.4 Å². The van der Waals surface area contributed by atoms with Crippen molar-refractivity contribution >= 4 is 11.9 Å². The van der Waals surface area contributed by atoms with Crippen molar-refractivity contribution in [2.24, 2.45) is 4.99 Å². The Morgan fingerprint density at radius 3 is 2.85 bits per heavy atom. The number of hydrogen-bond acceptors (Lipinski definition) is 4. The van der Waals surface area contributed by atoms with Crippen LogP contribution in [0.2, 0.25) is 0 Å². The van der Waals surface area contributed by atoms with E-state index in [9.17, 15) is 4.79 Å². The molecule has 4 nitrogen and oxygen atoms in total.